The van der Waals surface area contributed by atoms with E-state index in [1.807, 2.05) is 43.3 Å². The van der Waals surface area contributed by atoms with Crippen molar-refractivity contribution in [2.75, 3.05) is 18.6 Å². The van der Waals surface area contributed by atoms with Gasteiger partial charge in [-0.15, -0.1) is 0 Å². The summed E-state index contributed by atoms with van der Waals surface area (Å²) >= 11 is 0. The highest BCUT2D eigenvalue weighted by Crippen LogP contribution is 2.23. The SMILES string of the molecule is CCCCC(CC)C(=O)N(C/C=C/c1ccccc1OC)c1ccc(F)cc1. The van der Waals surface area contributed by atoms with Crippen LogP contribution in [0.4, 0.5) is 10.1 Å². The molecule has 0 radical (unpaired) electrons. The molecule has 28 heavy (non-hydrogen) atoms. The molecule has 2 rings (SSSR count). The number of anilines is 1. The number of carbonyl (C=O) groups is 1. The van der Waals surface area contributed by atoms with Crippen LogP contribution in [0.3, 0.4) is 0 Å². The first-order valence-corrected chi connectivity index (χ1v) is 9.97. The maximum atomic E-state index is 13.4. The van der Waals surface area contributed by atoms with E-state index in [-0.39, 0.29) is 17.6 Å². The minimum absolute atomic E-state index is 0.0235. The molecule has 1 amide bonds. The molecule has 0 fully saturated rings. The Bertz CT molecular complexity index is 770. The molecule has 0 saturated heterocycles. The number of unbranched alkanes of at least 4 members (excludes halogenated alkanes) is 1. The third-order valence-corrected chi connectivity index (χ3v) is 4.88. The highest BCUT2D eigenvalue weighted by molar-refractivity contribution is 5.95. The topological polar surface area (TPSA) is 29.5 Å². The summed E-state index contributed by atoms with van der Waals surface area (Å²) in [5.74, 6) is 0.545. The number of carbonyl (C=O) groups excluding carboxylic acids is 1. The lowest BCUT2D eigenvalue weighted by Gasteiger charge is -2.26. The summed E-state index contributed by atoms with van der Waals surface area (Å²) in [6.07, 6.45) is 7.67. The van der Waals surface area contributed by atoms with Gasteiger partial charge in [0.25, 0.3) is 0 Å². The van der Waals surface area contributed by atoms with Gasteiger partial charge in [-0.2, -0.15) is 0 Å². The average molecular weight is 384 g/mol. The number of halogens is 1. The number of hydrogen-bond acceptors (Lipinski definition) is 2. The number of para-hydroxylation sites is 1. The second kappa shape index (κ2) is 11.3. The fourth-order valence-corrected chi connectivity index (χ4v) is 3.21. The van der Waals surface area contributed by atoms with Crippen molar-refractivity contribution in [1.29, 1.82) is 0 Å². The van der Waals surface area contributed by atoms with Gasteiger partial charge in [-0.3, -0.25) is 4.79 Å². The van der Waals surface area contributed by atoms with Gasteiger partial charge in [-0.05, 0) is 43.2 Å². The molecule has 0 N–H and O–H groups in total. The molecule has 0 heterocycles. The van der Waals surface area contributed by atoms with Crippen LogP contribution < -0.4 is 9.64 Å². The van der Waals surface area contributed by atoms with E-state index in [2.05, 4.69) is 6.92 Å². The number of ether oxygens (including phenoxy) is 1. The fourth-order valence-electron chi connectivity index (χ4n) is 3.21. The zero-order chi connectivity index (χ0) is 20.4. The van der Waals surface area contributed by atoms with Crippen molar-refractivity contribution in [3.63, 3.8) is 0 Å². The van der Waals surface area contributed by atoms with E-state index in [0.717, 1.165) is 37.0 Å². The number of nitrogens with zero attached hydrogens (tertiary/aromatic N) is 1. The Labute approximate surface area is 167 Å². The Morgan fingerprint density at radius 2 is 1.86 bits per heavy atom. The number of methoxy groups -OCH3 is 1. The summed E-state index contributed by atoms with van der Waals surface area (Å²) in [5.41, 5.74) is 1.67. The molecule has 2 aromatic rings. The lowest BCUT2D eigenvalue weighted by atomic mass is 9.97. The predicted molar refractivity (Wildman–Crippen MR) is 114 cm³/mol. The molecule has 4 heteroatoms. The van der Waals surface area contributed by atoms with Crippen LogP contribution in [0, 0.1) is 11.7 Å². The smallest absolute Gasteiger partial charge is 0.230 e. The zero-order valence-electron chi connectivity index (χ0n) is 17.0. The van der Waals surface area contributed by atoms with Crippen LogP contribution in [0.2, 0.25) is 0 Å². The largest absolute Gasteiger partial charge is 0.496 e. The Morgan fingerprint density at radius 1 is 1.14 bits per heavy atom. The highest BCUT2D eigenvalue weighted by Gasteiger charge is 2.23. The fraction of sp³-hybridized carbons (Fsp3) is 0.375. The number of rotatable bonds is 10. The molecule has 0 aliphatic heterocycles. The Balaban J connectivity index is 2.24. The minimum atomic E-state index is -0.307. The molecule has 0 bridgehead atoms. The van der Waals surface area contributed by atoms with Gasteiger partial charge in [-0.1, -0.05) is 57.0 Å². The van der Waals surface area contributed by atoms with Gasteiger partial charge in [-0.25, -0.2) is 4.39 Å². The van der Waals surface area contributed by atoms with E-state index >= 15 is 0 Å². The highest BCUT2D eigenvalue weighted by atomic mass is 19.1. The molecule has 0 aliphatic rings. The van der Waals surface area contributed by atoms with Crippen LogP contribution in [-0.2, 0) is 4.79 Å². The van der Waals surface area contributed by atoms with Crippen molar-refractivity contribution in [2.24, 2.45) is 5.92 Å². The van der Waals surface area contributed by atoms with Crippen LogP contribution in [0.25, 0.3) is 6.08 Å². The third-order valence-electron chi connectivity index (χ3n) is 4.88. The molecule has 1 unspecified atom stereocenters. The van der Waals surface area contributed by atoms with Crippen LogP contribution in [-0.4, -0.2) is 19.6 Å². The van der Waals surface area contributed by atoms with E-state index < -0.39 is 0 Å². The average Bonchev–Trinajstić information content (AvgIpc) is 2.72. The second-order valence-corrected chi connectivity index (χ2v) is 6.82. The molecule has 0 spiro atoms. The first-order valence-electron chi connectivity index (χ1n) is 9.97. The number of hydrogen-bond donors (Lipinski definition) is 0. The Morgan fingerprint density at radius 3 is 2.50 bits per heavy atom. The Kier molecular flexibility index (Phi) is 8.73. The van der Waals surface area contributed by atoms with Gasteiger partial charge in [0.15, 0.2) is 0 Å². The van der Waals surface area contributed by atoms with E-state index in [0.29, 0.717) is 12.2 Å². The summed E-state index contributed by atoms with van der Waals surface area (Å²) in [7, 11) is 1.64. The van der Waals surface area contributed by atoms with Gasteiger partial charge in [0.2, 0.25) is 5.91 Å². The Hall–Kier alpha value is -2.62. The molecular weight excluding hydrogens is 353 g/mol. The van der Waals surface area contributed by atoms with Gasteiger partial charge in [0.1, 0.15) is 11.6 Å². The van der Waals surface area contributed by atoms with Crippen LogP contribution in [0.5, 0.6) is 5.75 Å². The molecule has 150 valence electrons. The monoisotopic (exact) mass is 383 g/mol. The second-order valence-electron chi connectivity index (χ2n) is 6.82. The first-order chi connectivity index (χ1) is 13.6. The van der Waals surface area contributed by atoms with Crippen molar-refractivity contribution < 1.29 is 13.9 Å². The predicted octanol–water partition coefficient (Wildman–Crippen LogP) is 6.10. The summed E-state index contributed by atoms with van der Waals surface area (Å²) < 4.78 is 18.7. The number of amides is 1. The standard InChI is InChI=1S/C24H30FNO2/c1-4-6-10-19(5-2)24(27)26(22-16-14-21(25)15-17-22)18-9-12-20-11-7-8-13-23(20)28-3/h7-9,11-17,19H,4-6,10,18H2,1-3H3/b12-9+. The van der Waals surface area contributed by atoms with Gasteiger partial charge < -0.3 is 9.64 Å². The normalized spacial score (nSPS) is 12.1. The van der Waals surface area contributed by atoms with Gasteiger partial charge in [0.05, 0.1) is 7.11 Å². The molecular formula is C24H30FNO2. The minimum Gasteiger partial charge on any atom is -0.496 e. The molecule has 0 saturated carbocycles. The van der Waals surface area contributed by atoms with E-state index in [9.17, 15) is 9.18 Å². The molecule has 3 nitrogen and oxygen atoms in total. The summed E-state index contributed by atoms with van der Waals surface area (Å²) in [6.45, 7) is 4.60. The van der Waals surface area contributed by atoms with E-state index in [1.165, 1.54) is 12.1 Å². The molecule has 0 aromatic heterocycles. The summed E-state index contributed by atoms with van der Waals surface area (Å²) in [6, 6.07) is 13.9. The van der Waals surface area contributed by atoms with Crippen molar-refractivity contribution in [3.8, 4) is 5.75 Å². The number of benzene rings is 2. The molecule has 2 aromatic carbocycles. The quantitative estimate of drug-likeness (QED) is 0.496. The third kappa shape index (κ3) is 5.95. The molecule has 0 aliphatic carbocycles. The van der Waals surface area contributed by atoms with Crippen LogP contribution in [0.15, 0.2) is 54.6 Å². The van der Waals surface area contributed by atoms with Crippen molar-refractivity contribution in [1.82, 2.24) is 0 Å². The van der Waals surface area contributed by atoms with Crippen molar-refractivity contribution in [3.05, 3.63) is 66.0 Å². The van der Waals surface area contributed by atoms with E-state index in [4.69, 9.17) is 4.74 Å². The van der Waals surface area contributed by atoms with Crippen molar-refractivity contribution >= 4 is 17.7 Å². The van der Waals surface area contributed by atoms with Crippen molar-refractivity contribution in [2.45, 2.75) is 39.5 Å². The van der Waals surface area contributed by atoms with Gasteiger partial charge in [0, 0.05) is 23.7 Å². The summed E-state index contributed by atoms with van der Waals surface area (Å²) in [5, 5.41) is 0. The molecule has 1 atom stereocenters. The maximum Gasteiger partial charge on any atom is 0.230 e. The van der Waals surface area contributed by atoms with E-state index in [1.54, 1.807) is 24.1 Å². The van der Waals surface area contributed by atoms with Crippen LogP contribution in [0.1, 0.15) is 45.1 Å². The zero-order valence-corrected chi connectivity index (χ0v) is 17.0. The lowest BCUT2D eigenvalue weighted by Crippen LogP contribution is -2.36. The van der Waals surface area contributed by atoms with Crippen LogP contribution >= 0.6 is 0 Å². The summed E-state index contributed by atoms with van der Waals surface area (Å²) in [4.78, 5) is 14.9. The first kappa shape index (κ1) is 21.7. The maximum absolute atomic E-state index is 13.4. The lowest BCUT2D eigenvalue weighted by molar-refractivity contribution is -0.122. The van der Waals surface area contributed by atoms with Gasteiger partial charge >= 0.3 is 0 Å².